The third-order valence-corrected chi connectivity index (χ3v) is 2.90. The van der Waals surface area contributed by atoms with Crippen molar-refractivity contribution in [1.29, 1.82) is 0 Å². The summed E-state index contributed by atoms with van der Waals surface area (Å²) in [5, 5.41) is 0.488. The summed E-state index contributed by atoms with van der Waals surface area (Å²) in [5.41, 5.74) is 1.37. The first-order valence-electron chi connectivity index (χ1n) is 4.96. The highest BCUT2D eigenvalue weighted by Gasteiger charge is 2.16. The van der Waals surface area contributed by atoms with Crippen molar-refractivity contribution in [3.05, 3.63) is 58.0 Å². The maximum Gasteiger partial charge on any atom is 0.229 e. The molecule has 0 N–H and O–H groups in total. The first-order chi connectivity index (χ1) is 7.59. The summed E-state index contributed by atoms with van der Waals surface area (Å²) in [7, 11) is 0. The van der Waals surface area contributed by atoms with E-state index >= 15 is 0 Å². The number of furan rings is 1. The molecule has 0 unspecified atom stereocenters. The van der Waals surface area contributed by atoms with Gasteiger partial charge in [-0.05, 0) is 37.6 Å². The first kappa shape index (κ1) is 11.0. The third-order valence-electron chi connectivity index (χ3n) is 2.40. The lowest BCUT2D eigenvalue weighted by Gasteiger charge is -2.03. The number of hydrogen-bond donors (Lipinski definition) is 0. The van der Waals surface area contributed by atoms with Crippen LogP contribution in [0.5, 0.6) is 0 Å². The Balaban J connectivity index is 2.45. The van der Waals surface area contributed by atoms with Gasteiger partial charge in [-0.1, -0.05) is 23.7 Å². The standard InChI is InChI=1S/C13H11ClO2/c1-8-4-3-5-10(12(8)14)13(15)11-7-6-9(2)16-11/h3-7H,1-2H3. The molecule has 3 heteroatoms. The molecular formula is C13H11ClO2. The number of aryl methyl sites for hydroxylation is 2. The van der Waals surface area contributed by atoms with Gasteiger partial charge < -0.3 is 4.42 Å². The zero-order valence-electron chi connectivity index (χ0n) is 9.08. The Hall–Kier alpha value is -1.54. The summed E-state index contributed by atoms with van der Waals surface area (Å²) in [6.45, 7) is 3.67. The number of halogens is 1. The van der Waals surface area contributed by atoms with E-state index in [0.717, 1.165) is 5.56 Å². The lowest BCUT2D eigenvalue weighted by Crippen LogP contribution is -2.01. The van der Waals surface area contributed by atoms with Crippen LogP contribution < -0.4 is 0 Å². The van der Waals surface area contributed by atoms with E-state index in [2.05, 4.69) is 0 Å². The molecule has 1 heterocycles. The Morgan fingerprint density at radius 3 is 2.56 bits per heavy atom. The second-order valence-corrected chi connectivity index (χ2v) is 4.05. The fourth-order valence-electron chi connectivity index (χ4n) is 1.51. The number of benzene rings is 1. The molecule has 0 aliphatic carbocycles. The molecule has 0 radical (unpaired) electrons. The van der Waals surface area contributed by atoms with Crippen molar-refractivity contribution in [2.75, 3.05) is 0 Å². The highest BCUT2D eigenvalue weighted by molar-refractivity contribution is 6.35. The van der Waals surface area contributed by atoms with Gasteiger partial charge in [-0.2, -0.15) is 0 Å². The molecule has 0 fully saturated rings. The average molecular weight is 235 g/mol. The second kappa shape index (κ2) is 4.14. The maximum atomic E-state index is 12.1. The quantitative estimate of drug-likeness (QED) is 0.741. The molecule has 0 amide bonds. The van der Waals surface area contributed by atoms with Crippen LogP contribution in [0.25, 0.3) is 0 Å². The summed E-state index contributed by atoms with van der Waals surface area (Å²) in [6.07, 6.45) is 0. The Kier molecular flexibility index (Phi) is 2.84. The van der Waals surface area contributed by atoms with Gasteiger partial charge in [-0.15, -0.1) is 0 Å². The Bertz CT molecular complexity index is 541. The third kappa shape index (κ3) is 1.89. The van der Waals surface area contributed by atoms with Gasteiger partial charge in [-0.3, -0.25) is 4.79 Å². The minimum Gasteiger partial charge on any atom is -0.458 e. The summed E-state index contributed by atoms with van der Waals surface area (Å²) >= 11 is 6.08. The SMILES string of the molecule is Cc1ccc(C(=O)c2cccc(C)c2Cl)o1. The number of carbonyl (C=O) groups is 1. The van der Waals surface area contributed by atoms with Gasteiger partial charge in [0.15, 0.2) is 5.76 Å². The number of rotatable bonds is 2. The topological polar surface area (TPSA) is 30.2 Å². The van der Waals surface area contributed by atoms with Crippen LogP contribution in [0.3, 0.4) is 0 Å². The fraction of sp³-hybridized carbons (Fsp3) is 0.154. The number of carbonyl (C=O) groups excluding carboxylic acids is 1. The molecule has 0 bridgehead atoms. The van der Waals surface area contributed by atoms with E-state index in [9.17, 15) is 4.79 Å². The van der Waals surface area contributed by atoms with Gasteiger partial charge in [0.05, 0.1) is 5.02 Å². The predicted octanol–water partition coefficient (Wildman–Crippen LogP) is 3.78. The van der Waals surface area contributed by atoms with Gasteiger partial charge in [0.2, 0.25) is 5.78 Å². The van der Waals surface area contributed by atoms with E-state index in [1.54, 1.807) is 25.1 Å². The molecule has 16 heavy (non-hydrogen) atoms. The fourth-order valence-corrected chi connectivity index (χ4v) is 1.72. The van der Waals surface area contributed by atoms with Gasteiger partial charge in [0.25, 0.3) is 0 Å². The maximum absolute atomic E-state index is 12.1. The monoisotopic (exact) mass is 234 g/mol. The minimum absolute atomic E-state index is 0.179. The summed E-state index contributed by atoms with van der Waals surface area (Å²) in [6, 6.07) is 8.81. The van der Waals surface area contributed by atoms with Crippen LogP contribution in [0.15, 0.2) is 34.7 Å². The van der Waals surface area contributed by atoms with Gasteiger partial charge in [0, 0.05) is 5.56 Å². The minimum atomic E-state index is -0.179. The average Bonchev–Trinajstić information content (AvgIpc) is 2.68. The van der Waals surface area contributed by atoms with Crippen LogP contribution in [0, 0.1) is 13.8 Å². The molecule has 2 aromatic rings. The van der Waals surface area contributed by atoms with Crippen LogP contribution in [0.2, 0.25) is 5.02 Å². The largest absolute Gasteiger partial charge is 0.458 e. The molecule has 2 nitrogen and oxygen atoms in total. The van der Waals surface area contributed by atoms with E-state index in [-0.39, 0.29) is 5.78 Å². The van der Waals surface area contributed by atoms with E-state index in [4.69, 9.17) is 16.0 Å². The van der Waals surface area contributed by atoms with Crippen molar-refractivity contribution >= 4 is 17.4 Å². The van der Waals surface area contributed by atoms with Gasteiger partial charge >= 0.3 is 0 Å². The molecule has 0 aliphatic rings. The summed E-state index contributed by atoms with van der Waals surface area (Å²) in [4.78, 5) is 12.1. The van der Waals surface area contributed by atoms with Crippen LogP contribution in [-0.2, 0) is 0 Å². The van der Waals surface area contributed by atoms with E-state index < -0.39 is 0 Å². The summed E-state index contributed by atoms with van der Waals surface area (Å²) < 4.78 is 5.29. The molecule has 0 saturated heterocycles. The van der Waals surface area contributed by atoms with Crippen molar-refractivity contribution in [1.82, 2.24) is 0 Å². The van der Waals surface area contributed by atoms with Crippen LogP contribution in [-0.4, -0.2) is 5.78 Å². The Morgan fingerprint density at radius 2 is 1.94 bits per heavy atom. The zero-order chi connectivity index (χ0) is 11.7. The number of ketones is 1. The second-order valence-electron chi connectivity index (χ2n) is 3.68. The first-order valence-corrected chi connectivity index (χ1v) is 5.33. The van der Waals surface area contributed by atoms with E-state index in [0.29, 0.717) is 22.1 Å². The normalized spacial score (nSPS) is 10.4. The molecule has 0 spiro atoms. The molecule has 1 aromatic carbocycles. The molecule has 2 rings (SSSR count). The Morgan fingerprint density at radius 1 is 1.19 bits per heavy atom. The Labute approximate surface area is 98.8 Å². The summed E-state index contributed by atoms with van der Waals surface area (Å²) in [5.74, 6) is 0.860. The van der Waals surface area contributed by atoms with Crippen molar-refractivity contribution in [3.63, 3.8) is 0 Å². The van der Waals surface area contributed by atoms with Gasteiger partial charge in [-0.25, -0.2) is 0 Å². The van der Waals surface area contributed by atoms with Crippen molar-refractivity contribution in [2.45, 2.75) is 13.8 Å². The highest BCUT2D eigenvalue weighted by atomic mass is 35.5. The molecule has 1 aromatic heterocycles. The van der Waals surface area contributed by atoms with E-state index in [1.165, 1.54) is 0 Å². The van der Waals surface area contributed by atoms with Crippen molar-refractivity contribution in [2.24, 2.45) is 0 Å². The zero-order valence-corrected chi connectivity index (χ0v) is 9.84. The van der Waals surface area contributed by atoms with Crippen LogP contribution in [0.1, 0.15) is 27.4 Å². The van der Waals surface area contributed by atoms with Crippen molar-refractivity contribution in [3.8, 4) is 0 Å². The van der Waals surface area contributed by atoms with E-state index in [1.807, 2.05) is 19.1 Å². The molecule has 0 atom stereocenters. The highest BCUT2D eigenvalue weighted by Crippen LogP contribution is 2.23. The molecule has 82 valence electrons. The molecule has 0 saturated carbocycles. The molecule has 0 aliphatic heterocycles. The smallest absolute Gasteiger partial charge is 0.229 e. The lowest BCUT2D eigenvalue weighted by molar-refractivity contribution is 0.101. The van der Waals surface area contributed by atoms with Crippen LogP contribution in [0.4, 0.5) is 0 Å². The van der Waals surface area contributed by atoms with Crippen LogP contribution >= 0.6 is 11.6 Å². The lowest BCUT2D eigenvalue weighted by atomic mass is 10.1. The van der Waals surface area contributed by atoms with Crippen molar-refractivity contribution < 1.29 is 9.21 Å². The molecular weight excluding hydrogens is 224 g/mol. The number of hydrogen-bond acceptors (Lipinski definition) is 2. The van der Waals surface area contributed by atoms with Gasteiger partial charge in [0.1, 0.15) is 5.76 Å². The predicted molar refractivity (Wildman–Crippen MR) is 63.1 cm³/mol.